The van der Waals surface area contributed by atoms with Crippen molar-refractivity contribution in [2.75, 3.05) is 0 Å². The molecule has 3 rings (SSSR count). The van der Waals surface area contributed by atoms with Gasteiger partial charge in [0.05, 0.1) is 0 Å². The predicted octanol–water partition coefficient (Wildman–Crippen LogP) is 6.20. The molecule has 0 amide bonds. The SMILES string of the molecule is CCCCCCc1ccc(-c2cccn2CCCc2ccc(C(=O)O)o2)cc1. The number of aryl methyl sites for hydroxylation is 3. The van der Waals surface area contributed by atoms with Crippen molar-refractivity contribution in [3.63, 3.8) is 0 Å². The maximum atomic E-state index is 10.9. The number of nitrogens with zero attached hydrogens (tertiary/aromatic N) is 1. The molecular weight excluding hydrogens is 350 g/mol. The number of furan rings is 1. The van der Waals surface area contributed by atoms with Crippen molar-refractivity contribution in [2.45, 2.75) is 58.4 Å². The zero-order valence-electron chi connectivity index (χ0n) is 16.6. The average molecular weight is 380 g/mol. The van der Waals surface area contributed by atoms with Crippen LogP contribution in [-0.4, -0.2) is 15.6 Å². The van der Waals surface area contributed by atoms with Crippen molar-refractivity contribution in [3.05, 3.63) is 71.8 Å². The Labute approximate surface area is 166 Å². The highest BCUT2D eigenvalue weighted by Crippen LogP contribution is 2.22. The van der Waals surface area contributed by atoms with Crippen molar-refractivity contribution >= 4 is 5.97 Å². The van der Waals surface area contributed by atoms with E-state index < -0.39 is 5.97 Å². The summed E-state index contributed by atoms with van der Waals surface area (Å²) in [5, 5.41) is 8.93. The van der Waals surface area contributed by atoms with Gasteiger partial charge >= 0.3 is 5.97 Å². The molecule has 0 saturated heterocycles. The van der Waals surface area contributed by atoms with Gasteiger partial charge in [0.15, 0.2) is 0 Å². The first-order chi connectivity index (χ1) is 13.7. The van der Waals surface area contributed by atoms with Gasteiger partial charge in [0.2, 0.25) is 5.76 Å². The first kappa shape index (κ1) is 20.0. The number of carboxylic acids is 1. The second-order valence-corrected chi connectivity index (χ2v) is 7.27. The summed E-state index contributed by atoms with van der Waals surface area (Å²) in [4.78, 5) is 10.9. The third-order valence-electron chi connectivity index (χ3n) is 5.09. The fourth-order valence-corrected chi connectivity index (χ4v) is 3.52. The zero-order chi connectivity index (χ0) is 19.8. The maximum absolute atomic E-state index is 10.9. The largest absolute Gasteiger partial charge is 0.475 e. The number of aromatic nitrogens is 1. The number of hydrogen-bond donors (Lipinski definition) is 1. The van der Waals surface area contributed by atoms with Gasteiger partial charge in [0, 0.05) is 24.9 Å². The highest BCUT2D eigenvalue weighted by atomic mass is 16.4. The second-order valence-electron chi connectivity index (χ2n) is 7.27. The zero-order valence-corrected chi connectivity index (χ0v) is 16.6. The summed E-state index contributed by atoms with van der Waals surface area (Å²) in [6.07, 6.45) is 10.0. The number of carboxylic acid groups (broad SMARTS) is 1. The summed E-state index contributed by atoms with van der Waals surface area (Å²) in [6.45, 7) is 3.11. The molecule has 0 fully saturated rings. The molecule has 0 aliphatic rings. The van der Waals surface area contributed by atoms with Crippen LogP contribution in [0.2, 0.25) is 0 Å². The van der Waals surface area contributed by atoms with Crippen LogP contribution in [0.25, 0.3) is 11.3 Å². The third-order valence-corrected chi connectivity index (χ3v) is 5.09. The van der Waals surface area contributed by atoms with E-state index in [1.807, 2.05) is 0 Å². The molecule has 0 spiro atoms. The summed E-state index contributed by atoms with van der Waals surface area (Å²) in [7, 11) is 0. The van der Waals surface area contributed by atoms with Crippen LogP contribution in [0.4, 0.5) is 0 Å². The Balaban J connectivity index is 1.54. The summed E-state index contributed by atoms with van der Waals surface area (Å²) < 4.78 is 7.58. The second kappa shape index (κ2) is 9.98. The topological polar surface area (TPSA) is 55.4 Å². The molecule has 28 heavy (non-hydrogen) atoms. The van der Waals surface area contributed by atoms with Crippen LogP contribution in [0.5, 0.6) is 0 Å². The van der Waals surface area contributed by atoms with Crippen LogP contribution in [0, 0.1) is 0 Å². The van der Waals surface area contributed by atoms with Gasteiger partial charge < -0.3 is 14.1 Å². The highest BCUT2D eigenvalue weighted by molar-refractivity contribution is 5.84. The van der Waals surface area contributed by atoms with Gasteiger partial charge in [-0.05, 0) is 54.7 Å². The van der Waals surface area contributed by atoms with E-state index in [1.54, 1.807) is 6.07 Å². The van der Waals surface area contributed by atoms with Gasteiger partial charge in [-0.25, -0.2) is 4.79 Å². The highest BCUT2D eigenvalue weighted by Gasteiger charge is 2.09. The van der Waals surface area contributed by atoms with E-state index in [-0.39, 0.29) is 5.76 Å². The van der Waals surface area contributed by atoms with Crippen LogP contribution >= 0.6 is 0 Å². The molecule has 4 heteroatoms. The molecule has 0 saturated carbocycles. The van der Waals surface area contributed by atoms with E-state index in [2.05, 4.69) is 54.1 Å². The van der Waals surface area contributed by atoms with E-state index in [4.69, 9.17) is 9.52 Å². The van der Waals surface area contributed by atoms with Gasteiger partial charge in [-0.15, -0.1) is 0 Å². The summed E-state index contributed by atoms with van der Waals surface area (Å²) >= 11 is 0. The van der Waals surface area contributed by atoms with E-state index in [0.29, 0.717) is 0 Å². The first-order valence-corrected chi connectivity index (χ1v) is 10.2. The molecule has 0 aliphatic carbocycles. The normalized spacial score (nSPS) is 11.0. The predicted molar refractivity (Wildman–Crippen MR) is 112 cm³/mol. The molecule has 3 aromatic rings. The molecular formula is C24H29NO3. The van der Waals surface area contributed by atoms with E-state index in [9.17, 15) is 4.79 Å². The Morgan fingerprint density at radius 1 is 0.964 bits per heavy atom. The van der Waals surface area contributed by atoms with E-state index >= 15 is 0 Å². The van der Waals surface area contributed by atoms with Crippen molar-refractivity contribution in [3.8, 4) is 11.3 Å². The Morgan fingerprint density at radius 2 is 1.79 bits per heavy atom. The number of carbonyl (C=O) groups is 1. The molecule has 0 aliphatic heterocycles. The Kier molecular flexibility index (Phi) is 7.12. The van der Waals surface area contributed by atoms with Crippen LogP contribution in [0.15, 0.2) is 59.1 Å². The standard InChI is InChI=1S/C24H29NO3/c1-2-3-4-5-8-19-11-13-20(14-12-19)22-10-7-18-25(22)17-6-9-21-15-16-23(28-21)24(26)27/h7,10-16,18H,2-6,8-9,17H2,1H3,(H,26,27). The van der Waals surface area contributed by atoms with Crippen molar-refractivity contribution < 1.29 is 14.3 Å². The van der Waals surface area contributed by atoms with Crippen LogP contribution in [0.1, 0.15) is 60.9 Å². The van der Waals surface area contributed by atoms with Gasteiger partial charge in [0.1, 0.15) is 5.76 Å². The number of hydrogen-bond acceptors (Lipinski definition) is 2. The Bertz CT molecular complexity index is 873. The molecule has 4 nitrogen and oxygen atoms in total. The van der Waals surface area contributed by atoms with Gasteiger partial charge in [-0.2, -0.15) is 0 Å². The lowest BCUT2D eigenvalue weighted by Gasteiger charge is -2.10. The fourth-order valence-electron chi connectivity index (χ4n) is 3.52. The van der Waals surface area contributed by atoms with Crippen LogP contribution in [0.3, 0.4) is 0 Å². The Morgan fingerprint density at radius 3 is 2.50 bits per heavy atom. The maximum Gasteiger partial charge on any atom is 0.371 e. The molecule has 1 N–H and O–H groups in total. The monoisotopic (exact) mass is 379 g/mol. The smallest absolute Gasteiger partial charge is 0.371 e. The minimum atomic E-state index is -1.02. The first-order valence-electron chi connectivity index (χ1n) is 10.2. The number of unbranched alkanes of at least 4 members (excludes halogenated alkanes) is 3. The van der Waals surface area contributed by atoms with Crippen LogP contribution in [-0.2, 0) is 19.4 Å². The molecule has 0 unspecified atom stereocenters. The molecule has 1 aromatic carbocycles. The average Bonchev–Trinajstić information content (AvgIpc) is 3.36. The van der Waals surface area contributed by atoms with Crippen molar-refractivity contribution in [2.24, 2.45) is 0 Å². The van der Waals surface area contributed by atoms with Gasteiger partial charge in [0.25, 0.3) is 0 Å². The number of benzene rings is 1. The van der Waals surface area contributed by atoms with Crippen molar-refractivity contribution in [1.29, 1.82) is 0 Å². The minimum Gasteiger partial charge on any atom is -0.475 e. The molecule has 0 atom stereocenters. The molecule has 2 heterocycles. The quantitative estimate of drug-likeness (QED) is 0.403. The van der Waals surface area contributed by atoms with E-state index in [0.717, 1.165) is 31.6 Å². The van der Waals surface area contributed by atoms with E-state index in [1.165, 1.54) is 48.6 Å². The Hall–Kier alpha value is -2.75. The van der Waals surface area contributed by atoms with Gasteiger partial charge in [-0.1, -0.05) is 50.5 Å². The molecule has 0 radical (unpaired) electrons. The lowest BCUT2D eigenvalue weighted by molar-refractivity contribution is 0.0660. The van der Waals surface area contributed by atoms with Crippen molar-refractivity contribution in [1.82, 2.24) is 4.57 Å². The summed E-state index contributed by atoms with van der Waals surface area (Å²) in [5.41, 5.74) is 3.85. The lowest BCUT2D eigenvalue weighted by atomic mass is 10.0. The van der Waals surface area contributed by atoms with Crippen LogP contribution < -0.4 is 0 Å². The third kappa shape index (κ3) is 5.38. The minimum absolute atomic E-state index is 0.00596. The molecule has 2 aromatic heterocycles. The molecule has 0 bridgehead atoms. The fraction of sp³-hybridized carbons (Fsp3) is 0.375. The van der Waals surface area contributed by atoms with Gasteiger partial charge in [-0.3, -0.25) is 0 Å². The summed E-state index contributed by atoms with van der Waals surface area (Å²) in [5.74, 6) is -0.294. The molecule has 148 valence electrons. The summed E-state index contributed by atoms with van der Waals surface area (Å²) in [6, 6.07) is 16.4. The number of aromatic carboxylic acids is 1. The number of rotatable bonds is 11. The lowest BCUT2D eigenvalue weighted by Crippen LogP contribution is -2.00.